The first kappa shape index (κ1) is 11.4. The van der Waals surface area contributed by atoms with E-state index in [1.807, 2.05) is 0 Å². The van der Waals surface area contributed by atoms with E-state index in [9.17, 15) is 21.6 Å². The van der Waals surface area contributed by atoms with Crippen LogP contribution in [0.2, 0.25) is 0 Å². The van der Waals surface area contributed by atoms with Crippen molar-refractivity contribution in [3.05, 3.63) is 11.5 Å². The standard InChI is InChI=1S/C5H7F3O3S/c1-2-3-12(9,10)11-4-5(6,7)8/h2-3H,4H2,1H3/b3-2+. The van der Waals surface area contributed by atoms with E-state index in [1.54, 1.807) is 0 Å². The fourth-order valence-electron chi connectivity index (χ4n) is 0.355. The second-order valence-electron chi connectivity index (χ2n) is 1.84. The Morgan fingerprint density at radius 3 is 2.25 bits per heavy atom. The van der Waals surface area contributed by atoms with Crippen molar-refractivity contribution < 1.29 is 25.8 Å². The molecule has 0 atom stereocenters. The van der Waals surface area contributed by atoms with E-state index in [4.69, 9.17) is 0 Å². The maximum Gasteiger partial charge on any atom is 0.413 e. The molecular weight excluding hydrogens is 197 g/mol. The highest BCUT2D eigenvalue weighted by Crippen LogP contribution is 2.16. The van der Waals surface area contributed by atoms with Crippen LogP contribution in [0.5, 0.6) is 0 Å². The van der Waals surface area contributed by atoms with E-state index in [-0.39, 0.29) is 0 Å². The average Bonchev–Trinajstić information content (AvgIpc) is 1.83. The molecule has 12 heavy (non-hydrogen) atoms. The molecule has 3 nitrogen and oxygen atoms in total. The van der Waals surface area contributed by atoms with Crippen LogP contribution < -0.4 is 0 Å². The van der Waals surface area contributed by atoms with Gasteiger partial charge in [0.05, 0.1) is 5.41 Å². The van der Waals surface area contributed by atoms with E-state index in [2.05, 4.69) is 4.18 Å². The molecule has 72 valence electrons. The molecule has 0 saturated carbocycles. The minimum absolute atomic E-state index is 0.554. The lowest BCUT2D eigenvalue weighted by molar-refractivity contribution is -0.152. The van der Waals surface area contributed by atoms with Crippen molar-refractivity contribution in [3.63, 3.8) is 0 Å². The maximum atomic E-state index is 11.4. The third-order valence-corrected chi connectivity index (χ3v) is 1.74. The van der Waals surface area contributed by atoms with Crippen LogP contribution in [0, 0.1) is 0 Å². The predicted molar refractivity (Wildman–Crippen MR) is 35.7 cm³/mol. The van der Waals surface area contributed by atoms with Gasteiger partial charge in [0.2, 0.25) is 0 Å². The first-order valence-electron chi connectivity index (χ1n) is 2.86. The smallest absolute Gasteiger partial charge is 0.257 e. The van der Waals surface area contributed by atoms with Gasteiger partial charge in [-0.1, -0.05) is 6.08 Å². The summed E-state index contributed by atoms with van der Waals surface area (Å²) in [4.78, 5) is 0. The summed E-state index contributed by atoms with van der Waals surface area (Å²) < 4.78 is 58.8. The molecule has 0 aromatic carbocycles. The Kier molecular flexibility index (Phi) is 3.72. The molecule has 0 bridgehead atoms. The Bertz CT molecular complexity index is 252. The first-order chi connectivity index (χ1) is 5.27. The van der Waals surface area contributed by atoms with Crippen molar-refractivity contribution in [1.82, 2.24) is 0 Å². The normalized spacial score (nSPS) is 14.0. The van der Waals surface area contributed by atoms with Gasteiger partial charge in [-0.25, -0.2) is 0 Å². The molecule has 0 unspecified atom stereocenters. The Hall–Kier alpha value is -0.560. The van der Waals surface area contributed by atoms with Crippen molar-refractivity contribution in [3.8, 4) is 0 Å². The molecule has 0 amide bonds. The van der Waals surface area contributed by atoms with Crippen molar-refractivity contribution in [2.45, 2.75) is 13.1 Å². The van der Waals surface area contributed by atoms with Crippen molar-refractivity contribution in [1.29, 1.82) is 0 Å². The summed E-state index contributed by atoms with van der Waals surface area (Å²) in [5.74, 6) is 0. The zero-order chi connectivity index (χ0) is 9.83. The van der Waals surface area contributed by atoms with Gasteiger partial charge in [-0.05, 0) is 6.92 Å². The topological polar surface area (TPSA) is 43.4 Å². The van der Waals surface area contributed by atoms with E-state index >= 15 is 0 Å². The molecule has 0 heterocycles. The molecule has 0 saturated heterocycles. The SMILES string of the molecule is C/C=C/S(=O)(=O)OCC(F)(F)F. The molecule has 0 N–H and O–H groups in total. The van der Waals surface area contributed by atoms with Crippen LogP contribution in [0.15, 0.2) is 11.5 Å². The van der Waals surface area contributed by atoms with Crippen LogP contribution in [0.1, 0.15) is 6.92 Å². The average molecular weight is 204 g/mol. The number of hydrogen-bond donors (Lipinski definition) is 0. The summed E-state index contributed by atoms with van der Waals surface area (Å²) in [5.41, 5.74) is 0. The summed E-state index contributed by atoms with van der Waals surface area (Å²) in [6.45, 7) is -0.436. The molecule has 0 radical (unpaired) electrons. The number of allylic oxidation sites excluding steroid dienone is 1. The zero-order valence-electron chi connectivity index (χ0n) is 6.13. The fraction of sp³-hybridized carbons (Fsp3) is 0.600. The molecule has 0 aromatic rings. The second-order valence-corrected chi connectivity index (χ2v) is 3.33. The van der Waals surface area contributed by atoms with E-state index in [0.29, 0.717) is 5.41 Å². The van der Waals surface area contributed by atoms with Crippen LogP contribution in [-0.4, -0.2) is 21.2 Å². The highest BCUT2D eigenvalue weighted by molar-refractivity contribution is 7.89. The molecule has 0 fully saturated rings. The second kappa shape index (κ2) is 3.90. The summed E-state index contributed by atoms with van der Waals surface area (Å²) in [5, 5.41) is 0.554. The van der Waals surface area contributed by atoms with Crippen LogP contribution in [-0.2, 0) is 14.3 Å². The lowest BCUT2D eigenvalue weighted by Crippen LogP contribution is -2.19. The fourth-order valence-corrected chi connectivity index (χ4v) is 1.06. The Labute approximate surface area is 68.0 Å². The molecule has 0 rings (SSSR count). The summed E-state index contributed by atoms with van der Waals surface area (Å²) in [6, 6.07) is 0. The van der Waals surface area contributed by atoms with Gasteiger partial charge < -0.3 is 0 Å². The zero-order valence-corrected chi connectivity index (χ0v) is 6.95. The van der Waals surface area contributed by atoms with Crippen LogP contribution in [0.4, 0.5) is 13.2 Å². The third-order valence-electron chi connectivity index (χ3n) is 0.690. The van der Waals surface area contributed by atoms with Gasteiger partial charge in [0.25, 0.3) is 10.1 Å². The summed E-state index contributed by atoms with van der Waals surface area (Å²) >= 11 is 0. The molecule has 0 aliphatic carbocycles. The summed E-state index contributed by atoms with van der Waals surface area (Å²) in [6.07, 6.45) is -3.56. The minimum atomic E-state index is -4.63. The number of hydrogen-bond acceptors (Lipinski definition) is 3. The van der Waals surface area contributed by atoms with Gasteiger partial charge in [0.15, 0.2) is 6.61 Å². The van der Waals surface area contributed by atoms with E-state index in [0.717, 1.165) is 6.08 Å². The molecule has 0 spiro atoms. The summed E-state index contributed by atoms with van der Waals surface area (Å²) in [7, 11) is -4.17. The molecular formula is C5H7F3O3S. The molecule has 0 aliphatic rings. The molecule has 7 heteroatoms. The van der Waals surface area contributed by atoms with Gasteiger partial charge in [-0.2, -0.15) is 21.6 Å². The highest BCUT2D eigenvalue weighted by atomic mass is 32.2. The predicted octanol–water partition coefficient (Wildman–Crippen LogP) is 1.43. The van der Waals surface area contributed by atoms with E-state index in [1.165, 1.54) is 6.92 Å². The monoisotopic (exact) mass is 204 g/mol. The van der Waals surface area contributed by atoms with Crippen LogP contribution >= 0.6 is 0 Å². The minimum Gasteiger partial charge on any atom is -0.257 e. The quantitative estimate of drug-likeness (QED) is 0.653. The van der Waals surface area contributed by atoms with E-state index < -0.39 is 22.9 Å². The van der Waals surface area contributed by atoms with Gasteiger partial charge in [0.1, 0.15) is 0 Å². The van der Waals surface area contributed by atoms with Crippen molar-refractivity contribution >= 4 is 10.1 Å². The largest absolute Gasteiger partial charge is 0.413 e. The van der Waals surface area contributed by atoms with Crippen molar-refractivity contribution in [2.24, 2.45) is 0 Å². The number of rotatable bonds is 3. The number of halogens is 3. The molecule has 0 aliphatic heterocycles. The van der Waals surface area contributed by atoms with Gasteiger partial charge >= 0.3 is 6.18 Å². The van der Waals surface area contributed by atoms with Gasteiger partial charge in [-0.15, -0.1) is 0 Å². The van der Waals surface area contributed by atoms with Crippen molar-refractivity contribution in [2.75, 3.05) is 6.61 Å². The Morgan fingerprint density at radius 2 is 1.92 bits per heavy atom. The Balaban J connectivity index is 4.12. The molecule has 0 aromatic heterocycles. The number of alkyl halides is 3. The van der Waals surface area contributed by atoms with Crippen LogP contribution in [0.3, 0.4) is 0 Å². The van der Waals surface area contributed by atoms with Gasteiger partial charge in [0, 0.05) is 0 Å². The lowest BCUT2D eigenvalue weighted by Gasteiger charge is -2.04. The third kappa shape index (κ3) is 6.17. The first-order valence-corrected chi connectivity index (χ1v) is 4.33. The maximum absolute atomic E-state index is 11.4. The van der Waals surface area contributed by atoms with Crippen LogP contribution in [0.25, 0.3) is 0 Å². The highest BCUT2D eigenvalue weighted by Gasteiger charge is 2.30. The lowest BCUT2D eigenvalue weighted by atomic mass is 10.7. The van der Waals surface area contributed by atoms with Gasteiger partial charge in [-0.3, -0.25) is 4.18 Å². The Morgan fingerprint density at radius 1 is 1.42 bits per heavy atom.